The SMILES string of the molecule is CCCCC(CC)CCCCC1(C)CC1. The molecule has 0 amide bonds. The summed E-state index contributed by atoms with van der Waals surface area (Å²) in [4.78, 5) is 0. The zero-order chi connectivity index (χ0) is 11.1. The molecule has 1 unspecified atom stereocenters. The zero-order valence-electron chi connectivity index (χ0n) is 11.1. The first-order valence-corrected chi connectivity index (χ1v) is 7.20. The molecule has 0 N–H and O–H groups in total. The van der Waals surface area contributed by atoms with Crippen LogP contribution in [0.4, 0.5) is 0 Å². The third-order valence-corrected chi connectivity index (χ3v) is 4.29. The van der Waals surface area contributed by atoms with Crippen LogP contribution < -0.4 is 0 Å². The molecule has 1 fully saturated rings. The molecule has 0 nitrogen and oxygen atoms in total. The maximum atomic E-state index is 2.46. The second kappa shape index (κ2) is 6.55. The van der Waals surface area contributed by atoms with Gasteiger partial charge in [0.2, 0.25) is 0 Å². The molecule has 0 aromatic carbocycles. The highest BCUT2D eigenvalue weighted by molar-refractivity contribution is 4.87. The minimum absolute atomic E-state index is 0.783. The molecule has 0 heteroatoms. The molecule has 0 saturated heterocycles. The van der Waals surface area contributed by atoms with Gasteiger partial charge < -0.3 is 0 Å². The third-order valence-electron chi connectivity index (χ3n) is 4.29. The Labute approximate surface area is 96.8 Å². The van der Waals surface area contributed by atoms with Crippen LogP contribution in [0.1, 0.15) is 85.0 Å². The Morgan fingerprint density at radius 2 is 1.67 bits per heavy atom. The van der Waals surface area contributed by atoms with E-state index in [0.717, 1.165) is 11.3 Å². The lowest BCUT2D eigenvalue weighted by molar-refractivity contribution is 0.386. The van der Waals surface area contributed by atoms with Crippen molar-refractivity contribution in [2.45, 2.75) is 85.0 Å². The van der Waals surface area contributed by atoms with E-state index in [1.807, 2.05) is 0 Å². The summed E-state index contributed by atoms with van der Waals surface area (Å²) in [5, 5.41) is 0. The summed E-state index contributed by atoms with van der Waals surface area (Å²) in [5.41, 5.74) is 0.783. The van der Waals surface area contributed by atoms with Crippen molar-refractivity contribution in [2.24, 2.45) is 11.3 Å². The first-order valence-electron chi connectivity index (χ1n) is 7.20. The van der Waals surface area contributed by atoms with Gasteiger partial charge >= 0.3 is 0 Å². The summed E-state index contributed by atoms with van der Waals surface area (Å²) >= 11 is 0. The molecule has 0 aliphatic heterocycles. The van der Waals surface area contributed by atoms with Crippen LogP contribution in [-0.4, -0.2) is 0 Å². The highest BCUT2D eigenvalue weighted by Gasteiger charge is 2.35. The Morgan fingerprint density at radius 1 is 1.00 bits per heavy atom. The largest absolute Gasteiger partial charge is 0.0654 e. The molecule has 1 saturated carbocycles. The molecule has 0 aromatic heterocycles. The minimum Gasteiger partial charge on any atom is -0.0654 e. The maximum Gasteiger partial charge on any atom is -0.0325 e. The van der Waals surface area contributed by atoms with Crippen LogP contribution in [0.2, 0.25) is 0 Å². The van der Waals surface area contributed by atoms with Crippen molar-refractivity contribution < 1.29 is 0 Å². The van der Waals surface area contributed by atoms with E-state index >= 15 is 0 Å². The predicted molar refractivity (Wildman–Crippen MR) is 69.1 cm³/mol. The highest BCUT2D eigenvalue weighted by atomic mass is 14.4. The van der Waals surface area contributed by atoms with E-state index in [1.54, 1.807) is 0 Å². The normalized spacial score (nSPS) is 20.2. The first kappa shape index (κ1) is 13.1. The van der Waals surface area contributed by atoms with E-state index in [4.69, 9.17) is 0 Å². The molecule has 1 aliphatic carbocycles. The molecule has 15 heavy (non-hydrogen) atoms. The van der Waals surface area contributed by atoms with Gasteiger partial charge in [-0.15, -0.1) is 0 Å². The van der Waals surface area contributed by atoms with Crippen molar-refractivity contribution in [3.63, 3.8) is 0 Å². The molecule has 0 spiro atoms. The first-order chi connectivity index (χ1) is 7.20. The molecule has 90 valence electrons. The Kier molecular flexibility index (Phi) is 5.71. The third kappa shape index (κ3) is 5.58. The molecule has 1 aliphatic rings. The monoisotopic (exact) mass is 210 g/mol. The van der Waals surface area contributed by atoms with Crippen molar-refractivity contribution in [3.8, 4) is 0 Å². The predicted octanol–water partition coefficient (Wildman–Crippen LogP) is 5.56. The van der Waals surface area contributed by atoms with Crippen molar-refractivity contribution in [1.82, 2.24) is 0 Å². The smallest absolute Gasteiger partial charge is 0.0325 e. The van der Waals surface area contributed by atoms with Crippen LogP contribution in [0.3, 0.4) is 0 Å². The lowest BCUT2D eigenvalue weighted by atomic mass is 9.92. The zero-order valence-corrected chi connectivity index (χ0v) is 11.1. The van der Waals surface area contributed by atoms with Crippen LogP contribution in [0.25, 0.3) is 0 Å². The van der Waals surface area contributed by atoms with Gasteiger partial charge in [-0.1, -0.05) is 65.7 Å². The number of hydrogen-bond acceptors (Lipinski definition) is 0. The molecule has 0 bridgehead atoms. The summed E-state index contributed by atoms with van der Waals surface area (Å²) in [6.45, 7) is 7.13. The molecular formula is C15H30. The van der Waals surface area contributed by atoms with E-state index in [1.165, 1.54) is 64.2 Å². The van der Waals surface area contributed by atoms with Crippen LogP contribution in [0.15, 0.2) is 0 Å². The Hall–Kier alpha value is 0. The lowest BCUT2D eigenvalue weighted by Crippen LogP contribution is -2.00. The lowest BCUT2D eigenvalue weighted by Gasteiger charge is -2.14. The van der Waals surface area contributed by atoms with Gasteiger partial charge in [0.05, 0.1) is 0 Å². The average Bonchev–Trinajstić information content (AvgIpc) is 2.96. The molecule has 0 radical (unpaired) electrons. The van der Waals surface area contributed by atoms with Crippen LogP contribution in [0.5, 0.6) is 0 Å². The number of unbranched alkanes of at least 4 members (excludes halogenated alkanes) is 2. The Morgan fingerprint density at radius 3 is 2.20 bits per heavy atom. The van der Waals surface area contributed by atoms with Gasteiger partial charge in [-0.25, -0.2) is 0 Å². The topological polar surface area (TPSA) is 0 Å². The van der Waals surface area contributed by atoms with E-state index in [9.17, 15) is 0 Å². The van der Waals surface area contributed by atoms with Crippen molar-refractivity contribution in [3.05, 3.63) is 0 Å². The summed E-state index contributed by atoms with van der Waals surface area (Å²) in [6.07, 6.45) is 14.6. The minimum atomic E-state index is 0.783. The van der Waals surface area contributed by atoms with Gasteiger partial charge in [0, 0.05) is 0 Å². The van der Waals surface area contributed by atoms with Crippen molar-refractivity contribution in [2.75, 3.05) is 0 Å². The summed E-state index contributed by atoms with van der Waals surface area (Å²) in [5.74, 6) is 1.02. The van der Waals surface area contributed by atoms with E-state index in [-0.39, 0.29) is 0 Å². The molecule has 0 heterocycles. The average molecular weight is 210 g/mol. The fourth-order valence-corrected chi connectivity index (χ4v) is 2.49. The summed E-state index contributed by atoms with van der Waals surface area (Å²) in [7, 11) is 0. The highest BCUT2D eigenvalue weighted by Crippen LogP contribution is 2.49. The fourth-order valence-electron chi connectivity index (χ4n) is 2.49. The Balaban J connectivity index is 1.96. The van der Waals surface area contributed by atoms with E-state index in [2.05, 4.69) is 20.8 Å². The second-order valence-corrected chi connectivity index (χ2v) is 5.97. The summed E-state index contributed by atoms with van der Waals surface area (Å²) < 4.78 is 0. The summed E-state index contributed by atoms with van der Waals surface area (Å²) in [6, 6.07) is 0. The molecule has 1 atom stereocenters. The Bertz CT molecular complexity index is 155. The quantitative estimate of drug-likeness (QED) is 0.437. The van der Waals surface area contributed by atoms with Gasteiger partial charge in [0.1, 0.15) is 0 Å². The van der Waals surface area contributed by atoms with Gasteiger partial charge in [-0.05, 0) is 30.6 Å². The van der Waals surface area contributed by atoms with Crippen molar-refractivity contribution >= 4 is 0 Å². The maximum absolute atomic E-state index is 2.46. The van der Waals surface area contributed by atoms with Crippen molar-refractivity contribution in [1.29, 1.82) is 0 Å². The molecular weight excluding hydrogens is 180 g/mol. The van der Waals surface area contributed by atoms with Gasteiger partial charge in [-0.2, -0.15) is 0 Å². The van der Waals surface area contributed by atoms with Gasteiger partial charge in [0.25, 0.3) is 0 Å². The van der Waals surface area contributed by atoms with E-state index in [0.29, 0.717) is 0 Å². The number of hydrogen-bond donors (Lipinski definition) is 0. The standard InChI is InChI=1S/C15H30/c1-4-6-9-14(5-2)10-7-8-11-15(3)12-13-15/h14H,4-13H2,1-3H3. The van der Waals surface area contributed by atoms with Crippen LogP contribution >= 0.6 is 0 Å². The number of rotatable bonds is 9. The van der Waals surface area contributed by atoms with Crippen LogP contribution in [-0.2, 0) is 0 Å². The fraction of sp³-hybridized carbons (Fsp3) is 1.00. The second-order valence-electron chi connectivity index (χ2n) is 5.97. The van der Waals surface area contributed by atoms with E-state index < -0.39 is 0 Å². The molecule has 0 aromatic rings. The van der Waals surface area contributed by atoms with Crippen LogP contribution in [0, 0.1) is 11.3 Å². The van der Waals surface area contributed by atoms with Gasteiger partial charge in [-0.3, -0.25) is 0 Å². The molecule has 1 rings (SSSR count). The van der Waals surface area contributed by atoms with Gasteiger partial charge in [0.15, 0.2) is 0 Å².